The Kier molecular flexibility index (Phi) is 11.4. The van der Waals surface area contributed by atoms with Gasteiger partial charge in [-0.1, -0.05) is 0 Å². The van der Waals surface area contributed by atoms with Crippen molar-refractivity contribution < 1.29 is 9.90 Å². The SMILES string of the molecule is CC(=O)CCO.[BaH2]. The zero-order valence-electron chi connectivity index (χ0n) is 3.77. The Morgan fingerprint density at radius 1 is 1.71 bits per heavy atom. The third kappa shape index (κ3) is 11.0. The maximum absolute atomic E-state index is 9.88. The third-order valence-corrected chi connectivity index (χ3v) is 0.464. The van der Waals surface area contributed by atoms with Gasteiger partial charge in [0.25, 0.3) is 0 Å². The van der Waals surface area contributed by atoms with Crippen LogP contribution >= 0.6 is 0 Å². The number of hydrogen-bond acceptors (Lipinski definition) is 2. The average molecular weight is 227 g/mol. The van der Waals surface area contributed by atoms with Crippen molar-refractivity contribution in [1.29, 1.82) is 0 Å². The third-order valence-electron chi connectivity index (χ3n) is 0.464. The van der Waals surface area contributed by atoms with E-state index in [0.717, 1.165) is 0 Å². The van der Waals surface area contributed by atoms with Crippen LogP contribution in [0.15, 0.2) is 0 Å². The number of carbonyl (C=O) groups is 1. The molecule has 0 atom stereocenters. The van der Waals surface area contributed by atoms with Crippen LogP contribution in [0.25, 0.3) is 0 Å². The van der Waals surface area contributed by atoms with E-state index in [1.165, 1.54) is 6.92 Å². The molecular weight excluding hydrogens is 217 g/mol. The Balaban J connectivity index is 0. The number of ketones is 1. The number of aliphatic hydroxyl groups is 1. The van der Waals surface area contributed by atoms with E-state index in [1.807, 2.05) is 0 Å². The Labute approximate surface area is 83.4 Å². The molecule has 0 aromatic heterocycles. The summed E-state index contributed by atoms with van der Waals surface area (Å²) in [7, 11) is 0. The van der Waals surface area contributed by atoms with Crippen molar-refractivity contribution in [2.75, 3.05) is 6.61 Å². The zero-order chi connectivity index (χ0) is 4.99. The summed E-state index contributed by atoms with van der Waals surface area (Å²) >= 11 is 0. The second kappa shape index (κ2) is 7.20. The Bertz CT molecular complexity index is 53.7. The summed E-state index contributed by atoms with van der Waals surface area (Å²) in [6, 6.07) is 0. The minimum absolute atomic E-state index is 0. The fraction of sp³-hybridized carbons (Fsp3) is 0.750. The molecule has 0 heterocycles. The van der Waals surface area contributed by atoms with Gasteiger partial charge in [0.05, 0.1) is 0 Å². The molecule has 0 aromatic carbocycles. The molecule has 2 nitrogen and oxygen atoms in total. The van der Waals surface area contributed by atoms with Gasteiger partial charge in [-0.25, -0.2) is 0 Å². The van der Waals surface area contributed by atoms with E-state index < -0.39 is 0 Å². The first-order valence-corrected chi connectivity index (χ1v) is 1.87. The normalized spacial score (nSPS) is 7.14. The summed E-state index contributed by atoms with van der Waals surface area (Å²) in [5.74, 6) is 0.0394. The molecule has 0 saturated carbocycles. The molecule has 0 unspecified atom stereocenters. The van der Waals surface area contributed by atoms with Gasteiger partial charge in [0.1, 0.15) is 5.78 Å². The maximum atomic E-state index is 9.88. The predicted molar refractivity (Wildman–Crippen MR) is 30.9 cm³/mol. The second-order valence-electron chi connectivity index (χ2n) is 1.18. The summed E-state index contributed by atoms with van der Waals surface area (Å²) in [6.07, 6.45) is 0.292. The van der Waals surface area contributed by atoms with E-state index in [2.05, 4.69) is 0 Å². The average Bonchev–Trinajstić information content (AvgIpc) is 1.35. The molecular formula is C4H10BaO2. The van der Waals surface area contributed by atoms with Crippen LogP contribution in [0, 0.1) is 0 Å². The molecule has 0 radical (unpaired) electrons. The van der Waals surface area contributed by atoms with Gasteiger partial charge in [0.2, 0.25) is 0 Å². The summed E-state index contributed by atoms with van der Waals surface area (Å²) in [6.45, 7) is 1.44. The molecule has 0 amide bonds. The first-order valence-electron chi connectivity index (χ1n) is 1.87. The first kappa shape index (κ1) is 11.1. The van der Waals surface area contributed by atoms with Crippen LogP contribution in [0.5, 0.6) is 0 Å². The number of hydrogen-bond donors (Lipinski definition) is 1. The van der Waals surface area contributed by atoms with Crippen molar-refractivity contribution in [3.05, 3.63) is 0 Å². The Morgan fingerprint density at radius 3 is 2.14 bits per heavy atom. The number of carbonyl (C=O) groups excluding carboxylic acids is 1. The van der Waals surface area contributed by atoms with Gasteiger partial charge in [-0.2, -0.15) is 0 Å². The summed E-state index contributed by atoms with van der Waals surface area (Å²) in [5.41, 5.74) is 0. The van der Waals surface area contributed by atoms with E-state index in [-0.39, 0.29) is 61.3 Å². The fourth-order valence-electron chi connectivity index (χ4n) is 0.157. The quantitative estimate of drug-likeness (QED) is 0.617. The van der Waals surface area contributed by atoms with Crippen molar-refractivity contribution in [2.24, 2.45) is 0 Å². The molecule has 0 bridgehead atoms. The van der Waals surface area contributed by atoms with E-state index in [4.69, 9.17) is 5.11 Å². The molecule has 7 heavy (non-hydrogen) atoms. The van der Waals surface area contributed by atoms with Crippen molar-refractivity contribution in [1.82, 2.24) is 0 Å². The fourth-order valence-corrected chi connectivity index (χ4v) is 0.157. The minimum atomic E-state index is -0.0185. The molecule has 0 aliphatic rings. The molecule has 3 heteroatoms. The van der Waals surface area contributed by atoms with E-state index >= 15 is 0 Å². The van der Waals surface area contributed by atoms with Crippen LogP contribution < -0.4 is 0 Å². The van der Waals surface area contributed by atoms with E-state index in [9.17, 15) is 4.79 Å². The predicted octanol–water partition coefficient (Wildman–Crippen LogP) is -0.958. The van der Waals surface area contributed by atoms with E-state index in [0.29, 0.717) is 6.42 Å². The van der Waals surface area contributed by atoms with Gasteiger partial charge in [-0.15, -0.1) is 0 Å². The number of rotatable bonds is 2. The second-order valence-corrected chi connectivity index (χ2v) is 1.18. The van der Waals surface area contributed by atoms with Gasteiger partial charge >= 0.3 is 48.9 Å². The van der Waals surface area contributed by atoms with Crippen LogP contribution in [0.2, 0.25) is 0 Å². The molecule has 1 N–H and O–H groups in total. The van der Waals surface area contributed by atoms with Gasteiger partial charge in [-0.3, -0.25) is 4.79 Å². The number of Topliss-reactive ketones (excluding diaryl/α,β-unsaturated/α-hetero) is 1. The van der Waals surface area contributed by atoms with Gasteiger partial charge in [0, 0.05) is 13.0 Å². The first-order chi connectivity index (χ1) is 2.77. The van der Waals surface area contributed by atoms with Gasteiger partial charge in [0.15, 0.2) is 0 Å². The molecule has 0 saturated heterocycles. The van der Waals surface area contributed by atoms with Crippen LogP contribution in [0.3, 0.4) is 0 Å². The van der Waals surface area contributed by atoms with Crippen molar-refractivity contribution >= 4 is 54.7 Å². The van der Waals surface area contributed by atoms with Crippen LogP contribution in [-0.2, 0) is 4.79 Å². The van der Waals surface area contributed by atoms with Crippen molar-refractivity contribution in [3.8, 4) is 0 Å². The topological polar surface area (TPSA) is 37.3 Å². The van der Waals surface area contributed by atoms with Gasteiger partial charge in [-0.05, 0) is 6.92 Å². The standard InChI is InChI=1S/C4H8O2.Ba.2H/c1-4(6)2-3-5;;;/h5H,2-3H2,1H3;;;. The van der Waals surface area contributed by atoms with Gasteiger partial charge < -0.3 is 5.11 Å². The van der Waals surface area contributed by atoms with Crippen molar-refractivity contribution in [3.63, 3.8) is 0 Å². The van der Waals surface area contributed by atoms with E-state index in [1.54, 1.807) is 0 Å². The Hall–Kier alpha value is 1.20. The molecule has 0 aliphatic heterocycles. The molecule has 0 fully saturated rings. The summed E-state index contributed by atoms with van der Waals surface area (Å²) < 4.78 is 0. The van der Waals surface area contributed by atoms with Crippen LogP contribution in [-0.4, -0.2) is 66.4 Å². The van der Waals surface area contributed by atoms with Crippen LogP contribution in [0.4, 0.5) is 0 Å². The van der Waals surface area contributed by atoms with Crippen LogP contribution in [0.1, 0.15) is 13.3 Å². The van der Waals surface area contributed by atoms with Crippen molar-refractivity contribution in [2.45, 2.75) is 13.3 Å². The number of aliphatic hydroxyl groups excluding tert-OH is 1. The summed E-state index contributed by atoms with van der Waals surface area (Å²) in [4.78, 5) is 9.88. The molecule has 0 aliphatic carbocycles. The molecule has 40 valence electrons. The molecule has 0 rings (SSSR count). The molecule has 0 spiro atoms. The monoisotopic (exact) mass is 228 g/mol. The Morgan fingerprint density at radius 2 is 2.14 bits per heavy atom. The molecule has 0 aromatic rings. The zero-order valence-corrected chi connectivity index (χ0v) is 3.77. The summed E-state index contributed by atoms with van der Waals surface area (Å²) in [5, 5.41) is 8.02.